The third-order valence-electron chi connectivity index (χ3n) is 4.18. The normalized spacial score (nSPS) is 19.0. The predicted molar refractivity (Wildman–Crippen MR) is 89.8 cm³/mol. The van der Waals surface area contributed by atoms with Crippen LogP contribution in [0.25, 0.3) is 10.9 Å². The molecule has 0 aliphatic carbocycles. The van der Waals surface area contributed by atoms with Gasteiger partial charge in [-0.1, -0.05) is 22.8 Å². The Morgan fingerprint density at radius 3 is 3.08 bits per heavy atom. The quantitative estimate of drug-likeness (QED) is 0.727. The summed E-state index contributed by atoms with van der Waals surface area (Å²) >= 11 is 6.28. The standard InChI is InChI=1S/C17H17ClN4O2/c1-11-20-17(21-24-11)15-10-22(7-8-23-15)9-12-4-5-14(18)13-3-2-6-19-16(12)13/h2-6,15H,7-10H2,1H3/t15-/m1/s1. The number of pyridine rings is 1. The minimum atomic E-state index is -0.164. The molecule has 3 heterocycles. The monoisotopic (exact) mass is 344 g/mol. The lowest BCUT2D eigenvalue weighted by atomic mass is 10.1. The molecule has 1 saturated heterocycles. The van der Waals surface area contributed by atoms with Crippen molar-refractivity contribution in [2.45, 2.75) is 19.6 Å². The van der Waals surface area contributed by atoms with Gasteiger partial charge in [0.2, 0.25) is 11.7 Å². The molecule has 1 atom stereocenters. The summed E-state index contributed by atoms with van der Waals surface area (Å²) in [5.74, 6) is 1.16. The van der Waals surface area contributed by atoms with E-state index < -0.39 is 0 Å². The first kappa shape index (κ1) is 15.5. The molecule has 1 fully saturated rings. The largest absolute Gasteiger partial charge is 0.367 e. The van der Waals surface area contributed by atoms with Crippen LogP contribution in [-0.4, -0.2) is 39.7 Å². The lowest BCUT2D eigenvalue weighted by Crippen LogP contribution is -2.38. The molecule has 2 aromatic heterocycles. The van der Waals surface area contributed by atoms with E-state index in [2.05, 4.69) is 20.0 Å². The molecule has 1 aliphatic heterocycles. The van der Waals surface area contributed by atoms with Crippen LogP contribution in [-0.2, 0) is 11.3 Å². The molecule has 0 unspecified atom stereocenters. The van der Waals surface area contributed by atoms with E-state index in [1.54, 1.807) is 13.1 Å². The first-order valence-corrected chi connectivity index (χ1v) is 8.25. The van der Waals surface area contributed by atoms with Gasteiger partial charge in [-0.15, -0.1) is 0 Å². The summed E-state index contributed by atoms with van der Waals surface area (Å²) in [5, 5.41) is 5.68. The molecule has 0 bridgehead atoms. The molecule has 0 radical (unpaired) electrons. The fourth-order valence-corrected chi connectivity index (χ4v) is 3.23. The van der Waals surface area contributed by atoms with Crippen molar-refractivity contribution in [2.24, 2.45) is 0 Å². The predicted octanol–water partition coefficient (Wildman–Crippen LogP) is 3.15. The fraction of sp³-hybridized carbons (Fsp3) is 0.353. The Bertz CT molecular complexity index is 867. The van der Waals surface area contributed by atoms with E-state index in [-0.39, 0.29) is 6.10 Å². The molecule has 124 valence electrons. The number of ether oxygens (including phenoxy) is 1. The summed E-state index contributed by atoms with van der Waals surface area (Å²) in [6.45, 7) is 4.77. The maximum absolute atomic E-state index is 6.28. The molecule has 1 aromatic carbocycles. The zero-order valence-electron chi connectivity index (χ0n) is 13.3. The third-order valence-corrected chi connectivity index (χ3v) is 4.51. The molecule has 3 aromatic rings. The maximum atomic E-state index is 6.28. The number of halogens is 1. The van der Waals surface area contributed by atoms with Crippen LogP contribution < -0.4 is 0 Å². The van der Waals surface area contributed by atoms with Gasteiger partial charge in [-0.05, 0) is 23.8 Å². The van der Waals surface area contributed by atoms with Crippen molar-refractivity contribution in [3.8, 4) is 0 Å². The molecule has 0 N–H and O–H groups in total. The number of benzene rings is 1. The van der Waals surface area contributed by atoms with Crippen LogP contribution in [0.4, 0.5) is 0 Å². The van der Waals surface area contributed by atoms with E-state index in [1.165, 1.54) is 0 Å². The van der Waals surface area contributed by atoms with Crippen LogP contribution in [0.3, 0.4) is 0 Å². The van der Waals surface area contributed by atoms with E-state index in [0.717, 1.165) is 41.1 Å². The molecule has 4 rings (SSSR count). The van der Waals surface area contributed by atoms with Gasteiger partial charge in [-0.25, -0.2) is 0 Å². The molecule has 7 heteroatoms. The van der Waals surface area contributed by atoms with Gasteiger partial charge in [-0.2, -0.15) is 4.98 Å². The molecule has 0 amide bonds. The Morgan fingerprint density at radius 1 is 1.33 bits per heavy atom. The summed E-state index contributed by atoms with van der Waals surface area (Å²) < 4.78 is 10.8. The number of rotatable bonds is 3. The van der Waals surface area contributed by atoms with Crippen molar-refractivity contribution in [3.05, 3.63) is 52.8 Å². The van der Waals surface area contributed by atoms with Gasteiger partial charge in [0.05, 0.1) is 12.1 Å². The first-order valence-electron chi connectivity index (χ1n) is 7.87. The van der Waals surface area contributed by atoms with Crippen LogP contribution >= 0.6 is 11.6 Å². The summed E-state index contributed by atoms with van der Waals surface area (Å²) in [7, 11) is 0. The van der Waals surface area contributed by atoms with Crippen LogP contribution in [0.1, 0.15) is 23.4 Å². The van der Waals surface area contributed by atoms with Crippen molar-refractivity contribution in [1.82, 2.24) is 20.0 Å². The highest BCUT2D eigenvalue weighted by Gasteiger charge is 2.26. The average molecular weight is 345 g/mol. The molecule has 0 saturated carbocycles. The zero-order valence-corrected chi connectivity index (χ0v) is 14.0. The second-order valence-electron chi connectivity index (χ2n) is 5.87. The molecule has 0 spiro atoms. The van der Waals surface area contributed by atoms with Crippen LogP contribution in [0.2, 0.25) is 5.02 Å². The number of nitrogens with zero attached hydrogens (tertiary/aromatic N) is 4. The Morgan fingerprint density at radius 2 is 2.25 bits per heavy atom. The third kappa shape index (κ3) is 3.00. The highest BCUT2D eigenvalue weighted by molar-refractivity contribution is 6.35. The second-order valence-corrected chi connectivity index (χ2v) is 6.28. The van der Waals surface area contributed by atoms with Crippen molar-refractivity contribution in [3.63, 3.8) is 0 Å². The number of hydrogen-bond donors (Lipinski definition) is 0. The minimum absolute atomic E-state index is 0.164. The summed E-state index contributed by atoms with van der Waals surface area (Å²) in [6.07, 6.45) is 1.63. The van der Waals surface area contributed by atoms with Crippen LogP contribution in [0.5, 0.6) is 0 Å². The Hall–Kier alpha value is -2.02. The highest BCUT2D eigenvalue weighted by atomic mass is 35.5. The Labute approximate surface area is 144 Å². The number of aromatic nitrogens is 3. The summed E-state index contributed by atoms with van der Waals surface area (Å²) in [6, 6.07) is 7.88. The van der Waals surface area contributed by atoms with Crippen molar-refractivity contribution in [1.29, 1.82) is 0 Å². The average Bonchev–Trinajstić information content (AvgIpc) is 3.05. The molecule has 1 aliphatic rings. The van der Waals surface area contributed by atoms with E-state index in [9.17, 15) is 0 Å². The second kappa shape index (κ2) is 6.47. The Kier molecular flexibility index (Phi) is 4.18. The van der Waals surface area contributed by atoms with E-state index in [1.807, 2.05) is 24.3 Å². The molecule has 6 nitrogen and oxygen atoms in total. The van der Waals surface area contributed by atoms with Crippen molar-refractivity contribution >= 4 is 22.5 Å². The van der Waals surface area contributed by atoms with Gasteiger partial charge >= 0.3 is 0 Å². The lowest BCUT2D eigenvalue weighted by molar-refractivity contribution is -0.0379. The van der Waals surface area contributed by atoms with Gasteiger partial charge in [0.25, 0.3) is 0 Å². The first-order chi connectivity index (χ1) is 11.7. The van der Waals surface area contributed by atoms with E-state index >= 15 is 0 Å². The summed E-state index contributed by atoms with van der Waals surface area (Å²) in [4.78, 5) is 11.1. The topological polar surface area (TPSA) is 64.3 Å². The van der Waals surface area contributed by atoms with Gasteiger partial charge in [-0.3, -0.25) is 9.88 Å². The van der Waals surface area contributed by atoms with Crippen molar-refractivity contribution in [2.75, 3.05) is 19.7 Å². The van der Waals surface area contributed by atoms with Gasteiger partial charge < -0.3 is 9.26 Å². The minimum Gasteiger partial charge on any atom is -0.367 e. The number of aryl methyl sites for hydroxylation is 1. The number of fused-ring (bicyclic) bond motifs is 1. The maximum Gasteiger partial charge on any atom is 0.223 e. The zero-order chi connectivity index (χ0) is 16.5. The van der Waals surface area contributed by atoms with E-state index in [0.29, 0.717) is 18.3 Å². The molecular weight excluding hydrogens is 328 g/mol. The SMILES string of the molecule is Cc1nc([C@H]2CN(Cc3ccc(Cl)c4cccnc34)CCO2)no1. The smallest absolute Gasteiger partial charge is 0.223 e. The molecule has 24 heavy (non-hydrogen) atoms. The highest BCUT2D eigenvalue weighted by Crippen LogP contribution is 2.27. The van der Waals surface area contributed by atoms with Gasteiger partial charge in [0.1, 0.15) is 6.10 Å². The van der Waals surface area contributed by atoms with Gasteiger partial charge in [0.15, 0.2) is 0 Å². The lowest BCUT2D eigenvalue weighted by Gasteiger charge is -2.31. The van der Waals surface area contributed by atoms with E-state index in [4.69, 9.17) is 20.9 Å². The van der Waals surface area contributed by atoms with Gasteiger partial charge in [0, 0.05) is 43.2 Å². The number of hydrogen-bond acceptors (Lipinski definition) is 6. The molecular formula is C17H17ClN4O2. The summed E-state index contributed by atoms with van der Waals surface area (Å²) in [5.41, 5.74) is 2.10. The van der Waals surface area contributed by atoms with Crippen molar-refractivity contribution < 1.29 is 9.26 Å². The van der Waals surface area contributed by atoms with Crippen LogP contribution in [0, 0.1) is 6.92 Å². The number of morpholine rings is 1. The fourth-order valence-electron chi connectivity index (χ4n) is 3.01. The Balaban J connectivity index is 1.56. The van der Waals surface area contributed by atoms with Crippen LogP contribution in [0.15, 0.2) is 35.0 Å².